The van der Waals surface area contributed by atoms with Gasteiger partial charge in [-0.25, -0.2) is 9.37 Å². The minimum absolute atomic E-state index is 0.0294. The topological polar surface area (TPSA) is 72.9 Å². The van der Waals surface area contributed by atoms with Crippen LogP contribution in [0.15, 0.2) is 53.3 Å². The van der Waals surface area contributed by atoms with E-state index < -0.39 is 0 Å². The van der Waals surface area contributed by atoms with E-state index >= 15 is 0 Å². The van der Waals surface area contributed by atoms with Crippen molar-refractivity contribution < 1.29 is 4.39 Å². The van der Waals surface area contributed by atoms with E-state index in [9.17, 15) is 9.18 Å². The zero-order chi connectivity index (χ0) is 16.4. The van der Waals surface area contributed by atoms with E-state index in [1.54, 1.807) is 28.8 Å². The summed E-state index contributed by atoms with van der Waals surface area (Å²) in [5, 5.41) is 2.58. The zero-order valence-electron chi connectivity index (χ0n) is 12.0. The summed E-state index contributed by atoms with van der Waals surface area (Å²) in [6, 6.07) is 13.2. The first-order valence-corrected chi connectivity index (χ1v) is 7.26. The Morgan fingerprint density at radius 1 is 1.22 bits per heavy atom. The van der Waals surface area contributed by atoms with Gasteiger partial charge in [-0.2, -0.15) is 0 Å². The number of hydrogen-bond donors (Lipinski definition) is 2. The number of rotatable bonds is 3. The summed E-state index contributed by atoms with van der Waals surface area (Å²) in [5.41, 5.74) is 7.21. The van der Waals surface area contributed by atoms with Crippen LogP contribution in [0.4, 0.5) is 10.2 Å². The van der Waals surface area contributed by atoms with E-state index in [1.165, 1.54) is 12.1 Å². The second-order valence-electron chi connectivity index (χ2n) is 4.96. The van der Waals surface area contributed by atoms with E-state index in [2.05, 4.69) is 10.3 Å². The van der Waals surface area contributed by atoms with Crippen molar-refractivity contribution in [3.05, 3.63) is 70.3 Å². The van der Waals surface area contributed by atoms with E-state index in [4.69, 9.17) is 18.0 Å². The molecule has 0 atom stereocenters. The molecule has 23 heavy (non-hydrogen) atoms. The van der Waals surface area contributed by atoms with Gasteiger partial charge >= 0.3 is 0 Å². The Kier molecular flexibility index (Phi) is 4.03. The fourth-order valence-corrected chi connectivity index (χ4v) is 2.42. The highest BCUT2D eigenvalue weighted by molar-refractivity contribution is 7.80. The fourth-order valence-electron chi connectivity index (χ4n) is 2.32. The molecule has 0 saturated carbocycles. The van der Waals surface area contributed by atoms with Crippen LogP contribution in [0.1, 0.15) is 5.56 Å². The van der Waals surface area contributed by atoms with Crippen molar-refractivity contribution in [2.75, 3.05) is 5.32 Å². The van der Waals surface area contributed by atoms with Crippen molar-refractivity contribution >= 4 is 34.2 Å². The smallest absolute Gasteiger partial charge is 0.294 e. The third kappa shape index (κ3) is 3.19. The number of fused-ring (bicyclic) bond motifs is 1. The van der Waals surface area contributed by atoms with Crippen LogP contribution < -0.4 is 16.6 Å². The van der Waals surface area contributed by atoms with E-state index in [1.807, 2.05) is 12.1 Å². The lowest BCUT2D eigenvalue weighted by Crippen LogP contribution is -2.30. The molecule has 0 saturated heterocycles. The highest BCUT2D eigenvalue weighted by Crippen LogP contribution is 2.14. The molecule has 0 radical (unpaired) electrons. The van der Waals surface area contributed by atoms with E-state index in [-0.39, 0.29) is 28.9 Å². The maximum Gasteiger partial charge on any atom is 0.294 e. The van der Waals surface area contributed by atoms with Gasteiger partial charge in [0.05, 0.1) is 17.6 Å². The first-order valence-electron chi connectivity index (χ1n) is 6.85. The highest BCUT2D eigenvalue weighted by atomic mass is 32.1. The molecule has 0 unspecified atom stereocenters. The Morgan fingerprint density at radius 3 is 2.61 bits per heavy atom. The molecule has 0 spiro atoms. The molecule has 0 aliphatic rings. The normalized spacial score (nSPS) is 10.7. The van der Waals surface area contributed by atoms with Crippen LogP contribution >= 0.6 is 12.2 Å². The molecule has 5 nitrogen and oxygen atoms in total. The van der Waals surface area contributed by atoms with Crippen molar-refractivity contribution in [1.29, 1.82) is 0 Å². The average Bonchev–Trinajstić information content (AvgIpc) is 2.53. The van der Waals surface area contributed by atoms with Gasteiger partial charge in [0.15, 0.2) is 10.9 Å². The number of aromatic nitrogens is 2. The molecule has 1 heterocycles. The Labute approximate surface area is 136 Å². The number of nitrogens with one attached hydrogen (secondary N) is 1. The molecule has 116 valence electrons. The predicted molar refractivity (Wildman–Crippen MR) is 91.9 cm³/mol. The molecule has 0 bridgehead atoms. The second-order valence-corrected chi connectivity index (χ2v) is 5.40. The van der Waals surface area contributed by atoms with Crippen molar-refractivity contribution in [1.82, 2.24) is 9.55 Å². The van der Waals surface area contributed by atoms with Crippen LogP contribution in [0.3, 0.4) is 0 Å². The SMILES string of the molecule is NC(=S)Nc1nc2ccccc2n(Cc2ccc(F)cc2)c1=O. The second kappa shape index (κ2) is 6.13. The van der Waals surface area contributed by atoms with Crippen LogP contribution in [-0.2, 0) is 6.54 Å². The Morgan fingerprint density at radius 2 is 1.91 bits per heavy atom. The molecule has 3 N–H and O–H groups in total. The number of nitrogens with zero attached hydrogens (tertiary/aromatic N) is 2. The van der Waals surface area contributed by atoms with Crippen molar-refractivity contribution in [2.24, 2.45) is 5.73 Å². The minimum Gasteiger partial charge on any atom is -0.376 e. The van der Waals surface area contributed by atoms with Gasteiger partial charge in [-0.15, -0.1) is 0 Å². The van der Waals surface area contributed by atoms with E-state index in [0.717, 1.165) is 5.56 Å². The Bertz CT molecular complexity index is 937. The Balaban J connectivity index is 2.16. The summed E-state index contributed by atoms with van der Waals surface area (Å²) in [4.78, 5) is 16.9. The standard InChI is InChI=1S/C16H13FN4OS/c17-11-7-5-10(6-8-11)9-21-13-4-2-1-3-12(13)19-14(15(21)22)20-16(18)23/h1-8H,9H2,(H3,18,19,20,23). The largest absolute Gasteiger partial charge is 0.376 e. The minimum atomic E-state index is -0.346. The summed E-state index contributed by atoms with van der Waals surface area (Å²) in [5.74, 6) is -0.255. The van der Waals surface area contributed by atoms with Crippen LogP contribution in [0.2, 0.25) is 0 Å². The third-order valence-electron chi connectivity index (χ3n) is 3.35. The number of halogens is 1. The number of anilines is 1. The van der Waals surface area contributed by atoms with Crippen molar-refractivity contribution in [3.8, 4) is 0 Å². The van der Waals surface area contributed by atoms with Gasteiger partial charge in [0, 0.05) is 0 Å². The van der Waals surface area contributed by atoms with Crippen molar-refractivity contribution in [3.63, 3.8) is 0 Å². The maximum atomic E-state index is 13.0. The lowest BCUT2D eigenvalue weighted by atomic mass is 10.2. The first kappa shape index (κ1) is 15.1. The number of hydrogen-bond acceptors (Lipinski definition) is 3. The number of thiocarbonyl (C=S) groups is 1. The van der Waals surface area contributed by atoms with Gasteiger partial charge < -0.3 is 11.1 Å². The van der Waals surface area contributed by atoms with Gasteiger partial charge in [0.2, 0.25) is 0 Å². The van der Waals surface area contributed by atoms with E-state index in [0.29, 0.717) is 11.0 Å². The number of benzene rings is 2. The molecule has 0 fully saturated rings. The first-order chi connectivity index (χ1) is 11.0. The molecule has 2 aromatic carbocycles. The van der Waals surface area contributed by atoms with Gasteiger partial charge in [-0.3, -0.25) is 9.36 Å². The van der Waals surface area contributed by atoms with Gasteiger partial charge in [0.25, 0.3) is 5.56 Å². The van der Waals surface area contributed by atoms with Gasteiger partial charge in [0.1, 0.15) is 5.82 Å². The van der Waals surface area contributed by atoms with Gasteiger partial charge in [-0.1, -0.05) is 24.3 Å². The molecular formula is C16H13FN4OS. The quantitative estimate of drug-likeness (QED) is 0.722. The maximum absolute atomic E-state index is 13.0. The van der Waals surface area contributed by atoms with Crippen LogP contribution in [0.5, 0.6) is 0 Å². The van der Waals surface area contributed by atoms with Crippen molar-refractivity contribution in [2.45, 2.75) is 6.54 Å². The predicted octanol–water partition coefficient (Wildman–Crippen LogP) is 2.24. The molecular weight excluding hydrogens is 315 g/mol. The van der Waals surface area contributed by atoms with Crippen LogP contribution in [-0.4, -0.2) is 14.7 Å². The van der Waals surface area contributed by atoms with Crippen LogP contribution in [0, 0.1) is 5.82 Å². The monoisotopic (exact) mass is 328 g/mol. The molecule has 1 aromatic heterocycles. The average molecular weight is 328 g/mol. The van der Waals surface area contributed by atoms with Crippen LogP contribution in [0.25, 0.3) is 11.0 Å². The number of nitrogens with two attached hydrogens (primary N) is 1. The highest BCUT2D eigenvalue weighted by Gasteiger charge is 2.11. The summed E-state index contributed by atoms with van der Waals surface area (Å²) >= 11 is 4.78. The lowest BCUT2D eigenvalue weighted by Gasteiger charge is -2.12. The molecule has 3 aromatic rings. The Hall–Kier alpha value is -2.80. The molecule has 0 amide bonds. The fraction of sp³-hybridized carbons (Fsp3) is 0.0625. The zero-order valence-corrected chi connectivity index (χ0v) is 12.8. The molecule has 3 rings (SSSR count). The molecule has 0 aliphatic carbocycles. The summed E-state index contributed by atoms with van der Waals surface area (Å²) < 4.78 is 14.6. The number of para-hydroxylation sites is 2. The molecule has 0 aliphatic heterocycles. The summed E-state index contributed by atoms with van der Waals surface area (Å²) in [6.07, 6.45) is 0. The third-order valence-corrected chi connectivity index (χ3v) is 3.45. The summed E-state index contributed by atoms with van der Waals surface area (Å²) in [7, 11) is 0. The molecule has 7 heteroatoms. The lowest BCUT2D eigenvalue weighted by molar-refractivity contribution is 0.626. The van der Waals surface area contributed by atoms with Gasteiger partial charge in [-0.05, 0) is 42.0 Å². The summed E-state index contributed by atoms with van der Waals surface area (Å²) in [6.45, 7) is 0.286.